The molecule has 0 aliphatic heterocycles. The molecule has 1 fully saturated rings. The minimum absolute atomic E-state index is 0.0552. The zero-order valence-electron chi connectivity index (χ0n) is 24.3. The Hall–Kier alpha value is -3.92. The van der Waals surface area contributed by atoms with Gasteiger partial charge in [0, 0.05) is 12.6 Å². The van der Waals surface area contributed by atoms with Crippen LogP contribution in [0.4, 0.5) is 10.1 Å². The van der Waals surface area contributed by atoms with Crippen molar-refractivity contribution in [3.63, 3.8) is 0 Å². The molecule has 2 amide bonds. The lowest BCUT2D eigenvalue weighted by Crippen LogP contribution is -2.52. The number of benzene rings is 3. The van der Waals surface area contributed by atoms with E-state index < -0.39 is 34.3 Å². The van der Waals surface area contributed by atoms with Gasteiger partial charge in [-0.25, -0.2) is 12.8 Å². The molecule has 0 spiro atoms. The van der Waals surface area contributed by atoms with Gasteiger partial charge in [0.1, 0.15) is 24.2 Å². The molecule has 10 heteroatoms. The molecular formula is C32H38FN3O5S. The van der Waals surface area contributed by atoms with Crippen LogP contribution < -0.4 is 14.4 Å². The Morgan fingerprint density at radius 3 is 2.31 bits per heavy atom. The van der Waals surface area contributed by atoms with E-state index in [-0.39, 0.29) is 29.1 Å². The van der Waals surface area contributed by atoms with Gasteiger partial charge in [-0.05, 0) is 87.7 Å². The molecule has 3 aromatic carbocycles. The molecule has 224 valence electrons. The highest BCUT2D eigenvalue weighted by Gasteiger charge is 2.33. The SMILES string of the molecule is CCOc1ccc(S(=O)(=O)N(CC(=O)N(Cc2cccc(C)c2)[C@@H](C)C(=O)NC2CCCC2)c2ccc(F)cc2)cc1. The number of nitrogens with one attached hydrogen (secondary N) is 1. The van der Waals surface area contributed by atoms with Gasteiger partial charge in [-0.2, -0.15) is 0 Å². The Kier molecular flexibility index (Phi) is 10.2. The van der Waals surface area contributed by atoms with Gasteiger partial charge in [0.2, 0.25) is 11.8 Å². The van der Waals surface area contributed by atoms with E-state index in [1.807, 2.05) is 38.1 Å². The van der Waals surface area contributed by atoms with E-state index >= 15 is 0 Å². The average Bonchev–Trinajstić information content (AvgIpc) is 3.48. The number of halogens is 1. The van der Waals surface area contributed by atoms with Crippen molar-refractivity contribution in [2.24, 2.45) is 0 Å². The van der Waals surface area contributed by atoms with Crippen LogP contribution in [0.3, 0.4) is 0 Å². The molecule has 1 N–H and O–H groups in total. The summed E-state index contributed by atoms with van der Waals surface area (Å²) in [6.45, 7) is 5.36. The summed E-state index contributed by atoms with van der Waals surface area (Å²) in [5.41, 5.74) is 1.93. The highest BCUT2D eigenvalue weighted by molar-refractivity contribution is 7.92. The predicted octanol–water partition coefficient (Wildman–Crippen LogP) is 5.20. The van der Waals surface area contributed by atoms with Gasteiger partial charge in [0.05, 0.1) is 17.2 Å². The third kappa shape index (κ3) is 7.67. The topological polar surface area (TPSA) is 96.0 Å². The first-order chi connectivity index (χ1) is 20.1. The molecule has 0 heterocycles. The highest BCUT2D eigenvalue weighted by Crippen LogP contribution is 2.26. The average molecular weight is 596 g/mol. The normalized spacial score (nSPS) is 14.3. The molecule has 4 rings (SSSR count). The Labute approximate surface area is 247 Å². The van der Waals surface area contributed by atoms with Crippen molar-refractivity contribution in [2.75, 3.05) is 17.5 Å². The maximum atomic E-state index is 14.0. The zero-order valence-corrected chi connectivity index (χ0v) is 25.1. The molecule has 1 aliphatic rings. The lowest BCUT2D eigenvalue weighted by atomic mass is 10.1. The molecule has 1 aliphatic carbocycles. The number of ether oxygens (including phenoxy) is 1. The Bertz CT molecular complexity index is 1470. The number of anilines is 1. The van der Waals surface area contributed by atoms with E-state index in [0.29, 0.717) is 12.4 Å². The molecule has 0 saturated heterocycles. The second-order valence-corrected chi connectivity index (χ2v) is 12.4. The van der Waals surface area contributed by atoms with E-state index in [2.05, 4.69) is 5.32 Å². The fraction of sp³-hybridized carbons (Fsp3) is 0.375. The largest absolute Gasteiger partial charge is 0.494 e. The summed E-state index contributed by atoms with van der Waals surface area (Å²) < 4.78 is 48.1. The summed E-state index contributed by atoms with van der Waals surface area (Å²) in [6.07, 6.45) is 3.87. The molecular weight excluding hydrogens is 557 g/mol. The third-order valence-electron chi connectivity index (χ3n) is 7.42. The van der Waals surface area contributed by atoms with Crippen LogP contribution in [0.1, 0.15) is 50.7 Å². The van der Waals surface area contributed by atoms with Crippen molar-refractivity contribution in [3.05, 3.63) is 89.7 Å². The van der Waals surface area contributed by atoms with Crippen LogP contribution in [0.15, 0.2) is 77.7 Å². The van der Waals surface area contributed by atoms with Crippen molar-refractivity contribution in [2.45, 2.75) is 70.0 Å². The number of amides is 2. The Balaban J connectivity index is 1.67. The van der Waals surface area contributed by atoms with Crippen molar-refractivity contribution in [1.82, 2.24) is 10.2 Å². The zero-order chi connectivity index (χ0) is 30.3. The number of nitrogens with zero attached hydrogens (tertiary/aromatic N) is 2. The van der Waals surface area contributed by atoms with Gasteiger partial charge in [-0.15, -0.1) is 0 Å². The van der Waals surface area contributed by atoms with Gasteiger partial charge < -0.3 is 15.0 Å². The van der Waals surface area contributed by atoms with Gasteiger partial charge in [-0.3, -0.25) is 13.9 Å². The lowest BCUT2D eigenvalue weighted by molar-refractivity contribution is -0.139. The number of carbonyl (C=O) groups is 2. The fourth-order valence-electron chi connectivity index (χ4n) is 5.12. The molecule has 42 heavy (non-hydrogen) atoms. The van der Waals surface area contributed by atoms with Crippen molar-refractivity contribution in [1.29, 1.82) is 0 Å². The first-order valence-corrected chi connectivity index (χ1v) is 15.7. The minimum atomic E-state index is -4.26. The number of aryl methyl sites for hydroxylation is 1. The second-order valence-electron chi connectivity index (χ2n) is 10.6. The number of carbonyl (C=O) groups excluding carboxylic acids is 2. The smallest absolute Gasteiger partial charge is 0.264 e. The first-order valence-electron chi connectivity index (χ1n) is 14.2. The van der Waals surface area contributed by atoms with E-state index in [1.165, 1.54) is 29.2 Å². The third-order valence-corrected chi connectivity index (χ3v) is 9.21. The van der Waals surface area contributed by atoms with Gasteiger partial charge in [0.15, 0.2) is 0 Å². The van der Waals surface area contributed by atoms with E-state index in [0.717, 1.165) is 53.2 Å². The summed E-state index contributed by atoms with van der Waals surface area (Å²) in [7, 11) is -4.26. The van der Waals surface area contributed by atoms with Gasteiger partial charge in [-0.1, -0.05) is 42.7 Å². The summed E-state index contributed by atoms with van der Waals surface area (Å²) >= 11 is 0. The van der Waals surface area contributed by atoms with Crippen molar-refractivity contribution >= 4 is 27.5 Å². The van der Waals surface area contributed by atoms with Crippen LogP contribution in [0.25, 0.3) is 0 Å². The van der Waals surface area contributed by atoms with Crippen molar-refractivity contribution < 1.29 is 27.1 Å². The number of rotatable bonds is 12. The van der Waals surface area contributed by atoms with Crippen LogP contribution in [-0.2, 0) is 26.2 Å². The minimum Gasteiger partial charge on any atom is -0.494 e. The van der Waals surface area contributed by atoms with E-state index in [1.54, 1.807) is 19.1 Å². The quantitative estimate of drug-likeness (QED) is 0.310. The summed E-state index contributed by atoms with van der Waals surface area (Å²) in [6, 6.07) is 17.6. The van der Waals surface area contributed by atoms with Crippen LogP contribution >= 0.6 is 0 Å². The van der Waals surface area contributed by atoms with Crippen molar-refractivity contribution in [3.8, 4) is 5.75 Å². The summed E-state index contributed by atoms with van der Waals surface area (Å²) in [5, 5.41) is 3.06. The molecule has 8 nitrogen and oxygen atoms in total. The van der Waals surface area contributed by atoms with E-state index in [9.17, 15) is 22.4 Å². The molecule has 0 aromatic heterocycles. The Morgan fingerprint density at radius 2 is 1.69 bits per heavy atom. The molecule has 0 bridgehead atoms. The van der Waals surface area contributed by atoms with E-state index in [4.69, 9.17) is 4.74 Å². The van der Waals surface area contributed by atoms with Gasteiger partial charge >= 0.3 is 0 Å². The molecule has 1 atom stereocenters. The molecule has 3 aromatic rings. The maximum Gasteiger partial charge on any atom is 0.264 e. The lowest BCUT2D eigenvalue weighted by Gasteiger charge is -2.32. The monoisotopic (exact) mass is 595 g/mol. The first kappa shape index (κ1) is 31.0. The van der Waals surface area contributed by atoms with Crippen LogP contribution in [0, 0.1) is 12.7 Å². The number of sulfonamides is 1. The fourth-order valence-corrected chi connectivity index (χ4v) is 6.53. The highest BCUT2D eigenvalue weighted by atomic mass is 32.2. The van der Waals surface area contributed by atoms with Crippen LogP contribution in [0.5, 0.6) is 5.75 Å². The van der Waals surface area contributed by atoms with Crippen LogP contribution in [-0.4, -0.2) is 50.4 Å². The number of hydrogen-bond donors (Lipinski definition) is 1. The molecule has 1 saturated carbocycles. The van der Waals surface area contributed by atoms with Gasteiger partial charge in [0.25, 0.3) is 10.0 Å². The van der Waals surface area contributed by atoms with Crippen LogP contribution in [0.2, 0.25) is 0 Å². The molecule has 0 unspecified atom stereocenters. The Morgan fingerprint density at radius 1 is 1.02 bits per heavy atom. The summed E-state index contributed by atoms with van der Waals surface area (Å²) in [5.74, 6) is -0.885. The molecule has 0 radical (unpaired) electrons. The summed E-state index contributed by atoms with van der Waals surface area (Å²) in [4.78, 5) is 28.7. The number of hydrogen-bond acceptors (Lipinski definition) is 5. The maximum absolute atomic E-state index is 14.0. The standard InChI is InChI=1S/C32H38FN3O5S/c1-4-41-29-16-18-30(19-17-29)42(39,40)36(28-14-12-26(33)13-15-28)22-31(37)35(21-25-9-7-8-23(2)20-25)24(3)32(38)34-27-10-5-6-11-27/h7-9,12-20,24,27H,4-6,10-11,21-22H2,1-3H3,(H,34,38)/t24-/m0/s1. The predicted molar refractivity (Wildman–Crippen MR) is 160 cm³/mol. The second kappa shape index (κ2) is 13.8.